The fourth-order valence-corrected chi connectivity index (χ4v) is 1.08. The molecule has 0 aliphatic carbocycles. The van der Waals surface area contributed by atoms with Gasteiger partial charge in [0.2, 0.25) is 0 Å². The predicted octanol–water partition coefficient (Wildman–Crippen LogP) is 1.16. The minimum Gasteiger partial charge on any atom is -0.465 e. The van der Waals surface area contributed by atoms with Crippen molar-refractivity contribution >= 4 is 12.0 Å². The summed E-state index contributed by atoms with van der Waals surface area (Å²) in [7, 11) is 0. The van der Waals surface area contributed by atoms with Crippen LogP contribution in [0.15, 0.2) is 12.7 Å². The highest BCUT2D eigenvalue weighted by Gasteiger charge is 2.16. The van der Waals surface area contributed by atoms with Crippen molar-refractivity contribution < 1.29 is 14.3 Å². The second kappa shape index (κ2) is 7.73. The Hall–Kier alpha value is -1.52. The molecule has 16 heavy (non-hydrogen) atoms. The number of esters is 1. The Morgan fingerprint density at radius 3 is 2.56 bits per heavy atom. The molecule has 1 N–H and O–H groups in total. The van der Waals surface area contributed by atoms with Crippen molar-refractivity contribution in [3.8, 4) is 0 Å². The molecule has 0 atom stereocenters. The van der Waals surface area contributed by atoms with Crippen molar-refractivity contribution in [1.82, 2.24) is 10.2 Å². The molecule has 5 heteroatoms. The molecular weight excluding hydrogens is 208 g/mol. The van der Waals surface area contributed by atoms with Crippen molar-refractivity contribution in [2.24, 2.45) is 0 Å². The van der Waals surface area contributed by atoms with Crippen LogP contribution >= 0.6 is 0 Å². The van der Waals surface area contributed by atoms with Crippen molar-refractivity contribution in [3.63, 3.8) is 0 Å². The third kappa shape index (κ3) is 6.06. The number of hydrogen-bond donors (Lipinski definition) is 1. The average Bonchev–Trinajstić information content (AvgIpc) is 2.16. The smallest absolute Gasteiger partial charge is 0.325 e. The minimum absolute atomic E-state index is 0.0296. The van der Waals surface area contributed by atoms with Crippen LogP contribution in [-0.4, -0.2) is 42.6 Å². The van der Waals surface area contributed by atoms with Crippen LogP contribution in [0.1, 0.15) is 20.8 Å². The van der Waals surface area contributed by atoms with E-state index in [2.05, 4.69) is 11.9 Å². The van der Waals surface area contributed by atoms with Gasteiger partial charge in [-0.3, -0.25) is 4.79 Å². The Morgan fingerprint density at radius 2 is 2.12 bits per heavy atom. The second-order valence-corrected chi connectivity index (χ2v) is 3.58. The molecule has 5 nitrogen and oxygen atoms in total. The fourth-order valence-electron chi connectivity index (χ4n) is 1.08. The lowest BCUT2D eigenvalue weighted by Crippen LogP contribution is -2.45. The van der Waals surface area contributed by atoms with Gasteiger partial charge >= 0.3 is 12.0 Å². The third-order valence-corrected chi connectivity index (χ3v) is 1.67. The molecule has 0 heterocycles. The summed E-state index contributed by atoms with van der Waals surface area (Å²) in [5.74, 6) is -0.414. The molecular formula is C11H20N2O3. The Morgan fingerprint density at radius 1 is 1.50 bits per heavy atom. The van der Waals surface area contributed by atoms with Gasteiger partial charge in [-0.1, -0.05) is 6.08 Å². The molecule has 2 amide bonds. The van der Waals surface area contributed by atoms with Gasteiger partial charge in [-0.15, -0.1) is 6.58 Å². The van der Waals surface area contributed by atoms with Gasteiger partial charge in [0.15, 0.2) is 0 Å². The summed E-state index contributed by atoms with van der Waals surface area (Å²) in [4.78, 5) is 24.2. The minimum atomic E-state index is -0.414. The van der Waals surface area contributed by atoms with Crippen molar-refractivity contribution in [1.29, 1.82) is 0 Å². The zero-order valence-corrected chi connectivity index (χ0v) is 10.2. The van der Waals surface area contributed by atoms with Gasteiger partial charge in [0.1, 0.15) is 6.54 Å². The molecule has 0 aliphatic heterocycles. The number of nitrogens with one attached hydrogen (secondary N) is 1. The van der Waals surface area contributed by atoms with Crippen molar-refractivity contribution in [2.75, 3.05) is 19.7 Å². The monoisotopic (exact) mass is 228 g/mol. The van der Waals surface area contributed by atoms with E-state index in [9.17, 15) is 9.59 Å². The molecule has 0 aliphatic rings. The highest BCUT2D eigenvalue weighted by molar-refractivity contribution is 5.81. The molecule has 0 aromatic carbocycles. The van der Waals surface area contributed by atoms with Crippen LogP contribution < -0.4 is 5.32 Å². The first-order valence-corrected chi connectivity index (χ1v) is 5.33. The van der Waals surface area contributed by atoms with Gasteiger partial charge in [0.05, 0.1) is 6.61 Å². The fraction of sp³-hybridized carbons (Fsp3) is 0.636. The van der Waals surface area contributed by atoms with E-state index < -0.39 is 5.97 Å². The molecule has 92 valence electrons. The van der Waals surface area contributed by atoms with E-state index in [-0.39, 0.29) is 18.6 Å². The lowest BCUT2D eigenvalue weighted by atomic mass is 10.4. The molecule has 0 radical (unpaired) electrons. The normalized spacial score (nSPS) is 9.75. The number of hydrogen-bond acceptors (Lipinski definition) is 3. The van der Waals surface area contributed by atoms with Gasteiger partial charge in [0.25, 0.3) is 0 Å². The van der Waals surface area contributed by atoms with Crippen LogP contribution in [0, 0.1) is 0 Å². The number of ether oxygens (including phenoxy) is 1. The molecule has 0 fully saturated rings. The lowest BCUT2D eigenvalue weighted by molar-refractivity contribution is -0.143. The number of urea groups is 1. The van der Waals surface area contributed by atoms with Crippen LogP contribution in [0.2, 0.25) is 0 Å². The first kappa shape index (κ1) is 14.5. The predicted molar refractivity (Wildman–Crippen MR) is 62.1 cm³/mol. The third-order valence-electron chi connectivity index (χ3n) is 1.67. The van der Waals surface area contributed by atoms with E-state index >= 15 is 0 Å². The van der Waals surface area contributed by atoms with Gasteiger partial charge in [-0.25, -0.2) is 4.79 Å². The molecule has 0 saturated heterocycles. The summed E-state index contributed by atoms with van der Waals surface area (Å²) < 4.78 is 4.78. The van der Waals surface area contributed by atoms with Gasteiger partial charge < -0.3 is 15.0 Å². The molecule has 0 unspecified atom stereocenters. The number of nitrogens with zero attached hydrogens (tertiary/aromatic N) is 1. The Kier molecular flexibility index (Phi) is 7.00. The Bertz CT molecular complexity index is 252. The topological polar surface area (TPSA) is 58.6 Å². The molecule has 0 rings (SSSR count). The SMILES string of the molecule is C=CCN(CC(=O)OCC)C(=O)NC(C)C. The highest BCUT2D eigenvalue weighted by Crippen LogP contribution is 1.94. The van der Waals surface area contributed by atoms with Gasteiger partial charge in [-0.05, 0) is 20.8 Å². The summed E-state index contributed by atoms with van der Waals surface area (Å²) in [6, 6.07) is -0.259. The maximum absolute atomic E-state index is 11.6. The van der Waals surface area contributed by atoms with Gasteiger partial charge in [-0.2, -0.15) is 0 Å². The molecule has 0 aromatic rings. The Balaban J connectivity index is 4.30. The van der Waals surface area contributed by atoms with Crippen LogP contribution in [0.5, 0.6) is 0 Å². The van der Waals surface area contributed by atoms with Crippen molar-refractivity contribution in [3.05, 3.63) is 12.7 Å². The standard InChI is InChI=1S/C11H20N2O3/c1-5-7-13(8-10(14)16-6-2)11(15)12-9(3)4/h5,9H,1,6-8H2,2-4H3,(H,12,15). The van der Waals surface area contributed by atoms with E-state index in [4.69, 9.17) is 4.74 Å². The summed E-state index contributed by atoms with van der Waals surface area (Å²) in [6.07, 6.45) is 1.57. The summed E-state index contributed by atoms with van der Waals surface area (Å²) in [5, 5.41) is 2.71. The number of rotatable bonds is 6. The van der Waals surface area contributed by atoms with Crippen LogP contribution in [0.25, 0.3) is 0 Å². The van der Waals surface area contributed by atoms with E-state index in [1.165, 1.54) is 4.90 Å². The first-order chi connectivity index (χ1) is 7.51. The average molecular weight is 228 g/mol. The molecule has 0 bridgehead atoms. The van der Waals surface area contributed by atoms with E-state index in [0.29, 0.717) is 13.2 Å². The molecule has 0 spiro atoms. The molecule has 0 aromatic heterocycles. The van der Waals surface area contributed by atoms with Crippen LogP contribution in [-0.2, 0) is 9.53 Å². The largest absolute Gasteiger partial charge is 0.465 e. The van der Waals surface area contributed by atoms with E-state index in [1.54, 1.807) is 13.0 Å². The highest BCUT2D eigenvalue weighted by atomic mass is 16.5. The van der Waals surface area contributed by atoms with E-state index in [0.717, 1.165) is 0 Å². The zero-order chi connectivity index (χ0) is 12.6. The van der Waals surface area contributed by atoms with Crippen molar-refractivity contribution in [2.45, 2.75) is 26.8 Å². The Labute approximate surface area is 96.4 Å². The maximum Gasteiger partial charge on any atom is 0.325 e. The number of amides is 2. The molecule has 0 saturated carbocycles. The zero-order valence-electron chi connectivity index (χ0n) is 10.2. The quantitative estimate of drug-likeness (QED) is 0.548. The van der Waals surface area contributed by atoms with Gasteiger partial charge in [0, 0.05) is 12.6 Å². The lowest BCUT2D eigenvalue weighted by Gasteiger charge is -2.21. The summed E-state index contributed by atoms with van der Waals surface area (Å²) in [5.41, 5.74) is 0. The number of carbonyl (C=O) groups is 2. The maximum atomic E-state index is 11.6. The number of carbonyl (C=O) groups excluding carboxylic acids is 2. The first-order valence-electron chi connectivity index (χ1n) is 5.33. The summed E-state index contributed by atoms with van der Waals surface area (Å²) >= 11 is 0. The van der Waals surface area contributed by atoms with Crippen LogP contribution in [0.4, 0.5) is 4.79 Å². The van der Waals surface area contributed by atoms with E-state index in [1.807, 2.05) is 13.8 Å². The second-order valence-electron chi connectivity index (χ2n) is 3.58. The summed E-state index contributed by atoms with van der Waals surface area (Å²) in [6.45, 7) is 9.55. The van der Waals surface area contributed by atoms with Crippen LogP contribution in [0.3, 0.4) is 0 Å².